The van der Waals surface area contributed by atoms with Crippen molar-refractivity contribution in [2.24, 2.45) is 5.92 Å². The summed E-state index contributed by atoms with van der Waals surface area (Å²) in [6.07, 6.45) is 4.25. The van der Waals surface area contributed by atoms with E-state index in [-0.39, 0.29) is 11.9 Å². The molecular weight excluding hydrogens is 333 g/mol. The summed E-state index contributed by atoms with van der Waals surface area (Å²) in [4.78, 5) is 12.1. The maximum Gasteiger partial charge on any atom is 0.251 e. The first-order valence-electron chi connectivity index (χ1n) is 6.43. The fourth-order valence-corrected chi connectivity index (χ4v) is 3.35. The Labute approximate surface area is 125 Å². The summed E-state index contributed by atoms with van der Waals surface area (Å²) >= 11 is 9.13. The van der Waals surface area contributed by atoms with Gasteiger partial charge in [-0.15, -0.1) is 11.6 Å². The van der Waals surface area contributed by atoms with Gasteiger partial charge in [0, 0.05) is 22.0 Å². The molecule has 0 aromatic heterocycles. The Kier molecular flexibility index (Phi) is 5.22. The molecule has 2 atom stereocenters. The highest BCUT2D eigenvalue weighted by Gasteiger charge is 2.26. The minimum Gasteiger partial charge on any atom is -0.349 e. The molecule has 1 aromatic rings. The summed E-state index contributed by atoms with van der Waals surface area (Å²) in [7, 11) is 0. The SMILES string of the molecule is O=C(NC1CCCCC1CCl)c1cc(F)cc(Br)c1. The van der Waals surface area contributed by atoms with Gasteiger partial charge >= 0.3 is 0 Å². The first kappa shape index (κ1) is 14.8. The smallest absolute Gasteiger partial charge is 0.251 e. The number of carbonyl (C=O) groups is 1. The molecule has 1 aliphatic rings. The number of hydrogen-bond donors (Lipinski definition) is 1. The molecular formula is C14H16BrClFNO. The molecule has 0 spiro atoms. The van der Waals surface area contributed by atoms with Gasteiger partial charge in [0.1, 0.15) is 5.82 Å². The maximum atomic E-state index is 13.3. The third kappa shape index (κ3) is 3.93. The van der Waals surface area contributed by atoms with Gasteiger partial charge in [0.25, 0.3) is 5.91 Å². The van der Waals surface area contributed by atoms with E-state index < -0.39 is 5.82 Å². The highest BCUT2D eigenvalue weighted by atomic mass is 79.9. The number of benzene rings is 1. The van der Waals surface area contributed by atoms with Gasteiger partial charge in [0.15, 0.2) is 0 Å². The van der Waals surface area contributed by atoms with E-state index in [1.807, 2.05) is 0 Å². The average Bonchev–Trinajstić information content (AvgIpc) is 2.38. The standard InChI is InChI=1S/C14H16BrClFNO/c15-11-5-10(6-12(17)7-11)14(19)18-13-4-2-1-3-9(13)8-16/h5-7,9,13H,1-4,8H2,(H,18,19). The van der Waals surface area contributed by atoms with Crippen molar-refractivity contribution in [1.82, 2.24) is 5.32 Å². The van der Waals surface area contributed by atoms with Crippen molar-refractivity contribution < 1.29 is 9.18 Å². The van der Waals surface area contributed by atoms with E-state index in [2.05, 4.69) is 21.2 Å². The predicted molar refractivity (Wildman–Crippen MR) is 78.0 cm³/mol. The first-order valence-corrected chi connectivity index (χ1v) is 7.76. The molecule has 1 saturated carbocycles. The maximum absolute atomic E-state index is 13.3. The zero-order valence-electron chi connectivity index (χ0n) is 10.5. The van der Waals surface area contributed by atoms with Gasteiger partial charge in [-0.1, -0.05) is 28.8 Å². The Bertz CT molecular complexity index is 449. The minimum atomic E-state index is -0.419. The largest absolute Gasteiger partial charge is 0.349 e. The summed E-state index contributed by atoms with van der Waals surface area (Å²) in [5.74, 6) is 0.216. The minimum absolute atomic E-state index is 0.0980. The Hall–Kier alpha value is -0.610. The Morgan fingerprint density at radius 1 is 1.37 bits per heavy atom. The second kappa shape index (κ2) is 6.71. The molecule has 2 rings (SSSR count). The summed E-state index contributed by atoms with van der Waals surface area (Å²) in [5.41, 5.74) is 0.339. The van der Waals surface area contributed by atoms with E-state index in [0.717, 1.165) is 25.7 Å². The Balaban J connectivity index is 2.07. The van der Waals surface area contributed by atoms with Gasteiger partial charge in [-0.3, -0.25) is 4.79 Å². The van der Waals surface area contributed by atoms with Crippen LogP contribution in [0.15, 0.2) is 22.7 Å². The number of alkyl halides is 1. The van der Waals surface area contributed by atoms with E-state index in [0.29, 0.717) is 21.8 Å². The number of halogens is 3. The van der Waals surface area contributed by atoms with Gasteiger partial charge < -0.3 is 5.32 Å². The van der Waals surface area contributed by atoms with Crippen molar-refractivity contribution in [2.45, 2.75) is 31.7 Å². The van der Waals surface area contributed by atoms with Gasteiger partial charge in [0.2, 0.25) is 0 Å². The van der Waals surface area contributed by atoms with Crippen LogP contribution in [-0.2, 0) is 0 Å². The van der Waals surface area contributed by atoms with Crippen molar-refractivity contribution in [2.75, 3.05) is 5.88 Å². The zero-order chi connectivity index (χ0) is 13.8. The zero-order valence-corrected chi connectivity index (χ0v) is 12.8. The van der Waals surface area contributed by atoms with Gasteiger partial charge in [-0.25, -0.2) is 4.39 Å². The van der Waals surface area contributed by atoms with Crippen LogP contribution in [0.2, 0.25) is 0 Å². The summed E-state index contributed by atoms with van der Waals surface area (Å²) < 4.78 is 13.8. The molecule has 19 heavy (non-hydrogen) atoms. The van der Waals surface area contributed by atoms with Gasteiger partial charge in [-0.05, 0) is 37.0 Å². The second-order valence-corrected chi connectivity index (χ2v) is 6.16. The van der Waals surface area contributed by atoms with Crippen molar-refractivity contribution >= 4 is 33.4 Å². The monoisotopic (exact) mass is 347 g/mol. The lowest BCUT2D eigenvalue weighted by Crippen LogP contribution is -2.42. The fraction of sp³-hybridized carbons (Fsp3) is 0.500. The van der Waals surface area contributed by atoms with E-state index in [1.165, 1.54) is 12.1 Å². The van der Waals surface area contributed by atoms with Crippen LogP contribution in [0.3, 0.4) is 0 Å². The third-order valence-corrected chi connectivity index (χ3v) is 4.40. The molecule has 0 saturated heterocycles. The first-order chi connectivity index (χ1) is 9.10. The lowest BCUT2D eigenvalue weighted by molar-refractivity contribution is 0.0910. The number of carbonyl (C=O) groups excluding carboxylic acids is 1. The highest BCUT2D eigenvalue weighted by molar-refractivity contribution is 9.10. The van der Waals surface area contributed by atoms with E-state index in [9.17, 15) is 9.18 Å². The summed E-state index contributed by atoms with van der Waals surface area (Å²) in [6.45, 7) is 0. The second-order valence-electron chi connectivity index (χ2n) is 4.94. The molecule has 5 heteroatoms. The van der Waals surface area contributed by atoms with Crippen LogP contribution in [0, 0.1) is 11.7 Å². The lowest BCUT2D eigenvalue weighted by atomic mass is 9.85. The van der Waals surface area contributed by atoms with Crippen LogP contribution < -0.4 is 5.32 Å². The number of rotatable bonds is 3. The molecule has 1 aromatic carbocycles. The van der Waals surface area contributed by atoms with Crippen LogP contribution in [0.4, 0.5) is 4.39 Å². The topological polar surface area (TPSA) is 29.1 Å². The molecule has 104 valence electrons. The highest BCUT2D eigenvalue weighted by Crippen LogP contribution is 2.26. The molecule has 0 radical (unpaired) electrons. The fourth-order valence-electron chi connectivity index (χ4n) is 2.52. The summed E-state index contributed by atoms with van der Waals surface area (Å²) in [6, 6.07) is 4.30. The van der Waals surface area contributed by atoms with Crippen molar-refractivity contribution in [3.63, 3.8) is 0 Å². The quantitative estimate of drug-likeness (QED) is 0.818. The Morgan fingerprint density at radius 3 is 2.79 bits per heavy atom. The molecule has 2 unspecified atom stereocenters. The van der Waals surface area contributed by atoms with E-state index in [1.54, 1.807) is 6.07 Å². The van der Waals surface area contributed by atoms with Gasteiger partial charge in [0.05, 0.1) is 0 Å². The molecule has 0 heterocycles. The van der Waals surface area contributed by atoms with Crippen LogP contribution >= 0.6 is 27.5 Å². The van der Waals surface area contributed by atoms with Crippen LogP contribution in [0.25, 0.3) is 0 Å². The van der Waals surface area contributed by atoms with E-state index in [4.69, 9.17) is 11.6 Å². The number of amides is 1. The summed E-state index contributed by atoms with van der Waals surface area (Å²) in [5, 5.41) is 2.98. The van der Waals surface area contributed by atoms with Crippen LogP contribution in [0.1, 0.15) is 36.0 Å². The average molecular weight is 349 g/mol. The molecule has 1 N–H and O–H groups in total. The molecule has 1 amide bonds. The molecule has 2 nitrogen and oxygen atoms in total. The molecule has 0 aliphatic heterocycles. The van der Waals surface area contributed by atoms with Crippen LogP contribution in [-0.4, -0.2) is 17.8 Å². The van der Waals surface area contributed by atoms with E-state index >= 15 is 0 Å². The molecule has 1 fully saturated rings. The molecule has 1 aliphatic carbocycles. The van der Waals surface area contributed by atoms with Gasteiger partial charge in [-0.2, -0.15) is 0 Å². The van der Waals surface area contributed by atoms with Crippen LogP contribution in [0.5, 0.6) is 0 Å². The normalized spacial score (nSPS) is 23.1. The van der Waals surface area contributed by atoms with Crippen molar-refractivity contribution in [3.05, 3.63) is 34.1 Å². The predicted octanol–water partition coefficient (Wildman–Crippen LogP) is 4.12. The number of hydrogen-bond acceptors (Lipinski definition) is 1. The Morgan fingerprint density at radius 2 is 2.11 bits per heavy atom. The van der Waals surface area contributed by atoms with Crippen molar-refractivity contribution in [3.8, 4) is 0 Å². The van der Waals surface area contributed by atoms with Crippen molar-refractivity contribution in [1.29, 1.82) is 0 Å². The number of nitrogens with one attached hydrogen (secondary N) is 1. The third-order valence-electron chi connectivity index (χ3n) is 3.55. The lowest BCUT2D eigenvalue weighted by Gasteiger charge is -2.30. The molecule has 0 bridgehead atoms.